The number of thiophene rings is 2. The molecule has 0 fully saturated rings. The molecular weight excluding hydrogens is 432 g/mol. The summed E-state index contributed by atoms with van der Waals surface area (Å²) in [5.74, 6) is 0.315. The number of carbonyl (C=O) groups is 1. The summed E-state index contributed by atoms with van der Waals surface area (Å²) in [5, 5.41) is 7.96. The summed E-state index contributed by atoms with van der Waals surface area (Å²) in [7, 11) is 0. The van der Waals surface area contributed by atoms with Gasteiger partial charge in [0, 0.05) is 15.6 Å². The molecule has 0 bridgehead atoms. The minimum absolute atomic E-state index is 0.00348. The molecule has 0 saturated heterocycles. The highest BCUT2D eigenvalue weighted by Gasteiger charge is 2.15. The Morgan fingerprint density at radius 2 is 2.07 bits per heavy atom. The second-order valence-corrected chi connectivity index (χ2v) is 10.1. The molecule has 1 amide bonds. The van der Waals surface area contributed by atoms with E-state index in [-0.39, 0.29) is 5.91 Å². The fourth-order valence-electron chi connectivity index (χ4n) is 3.51. The molecule has 150 valence electrons. The van der Waals surface area contributed by atoms with E-state index in [1.807, 2.05) is 17.5 Å². The molecule has 0 spiro atoms. The van der Waals surface area contributed by atoms with Crippen molar-refractivity contribution in [3.8, 4) is 0 Å². The van der Waals surface area contributed by atoms with Gasteiger partial charge in [0.1, 0.15) is 16.2 Å². The van der Waals surface area contributed by atoms with Gasteiger partial charge >= 0.3 is 0 Å². The zero-order chi connectivity index (χ0) is 20.7. The number of nitrogens with one attached hydrogen (secondary N) is 1. The van der Waals surface area contributed by atoms with Crippen LogP contribution in [0.2, 0.25) is 0 Å². The summed E-state index contributed by atoms with van der Waals surface area (Å²) < 4.78 is 0.987. The predicted molar refractivity (Wildman–Crippen MR) is 127 cm³/mol. The van der Waals surface area contributed by atoms with Crippen molar-refractivity contribution in [3.63, 3.8) is 0 Å². The molecule has 5 nitrogen and oxygen atoms in total. The monoisotopic (exact) mass is 450 g/mol. The van der Waals surface area contributed by atoms with Crippen molar-refractivity contribution in [3.05, 3.63) is 58.0 Å². The fraction of sp³-hybridized carbons (Fsp3) is 0.182. The average Bonchev–Trinajstić information content (AvgIpc) is 3.37. The molecule has 0 aliphatic carbocycles. The maximum Gasteiger partial charge on any atom is 0.230 e. The Bertz CT molecular complexity index is 1390. The Kier molecular flexibility index (Phi) is 5.14. The van der Waals surface area contributed by atoms with Crippen molar-refractivity contribution in [2.45, 2.75) is 25.4 Å². The van der Waals surface area contributed by atoms with E-state index < -0.39 is 0 Å². The van der Waals surface area contributed by atoms with Crippen LogP contribution >= 0.6 is 34.4 Å². The van der Waals surface area contributed by atoms with Crippen LogP contribution < -0.4 is 5.32 Å². The molecule has 0 radical (unpaired) electrons. The number of aryl methyl sites for hydroxylation is 2. The van der Waals surface area contributed by atoms with Crippen LogP contribution in [0.3, 0.4) is 0 Å². The van der Waals surface area contributed by atoms with Crippen molar-refractivity contribution in [1.29, 1.82) is 0 Å². The second kappa shape index (κ2) is 7.94. The van der Waals surface area contributed by atoms with Gasteiger partial charge in [0.15, 0.2) is 0 Å². The smallest absolute Gasteiger partial charge is 0.230 e. The van der Waals surface area contributed by atoms with E-state index in [1.165, 1.54) is 22.9 Å². The molecule has 4 aromatic heterocycles. The van der Waals surface area contributed by atoms with E-state index in [2.05, 4.69) is 47.3 Å². The van der Waals surface area contributed by atoms with Gasteiger partial charge in [0.05, 0.1) is 28.0 Å². The third-order valence-corrected chi connectivity index (χ3v) is 7.91. The lowest BCUT2D eigenvalue weighted by Crippen LogP contribution is -2.24. The van der Waals surface area contributed by atoms with Crippen molar-refractivity contribution >= 4 is 71.7 Å². The van der Waals surface area contributed by atoms with Crippen LogP contribution in [0.25, 0.3) is 31.3 Å². The summed E-state index contributed by atoms with van der Waals surface area (Å²) in [6.07, 6.45) is 1.58. The largest absolute Gasteiger partial charge is 0.350 e. The van der Waals surface area contributed by atoms with Gasteiger partial charge in [-0.15, -0.1) is 22.7 Å². The summed E-state index contributed by atoms with van der Waals surface area (Å²) in [6, 6.07) is 10.5. The van der Waals surface area contributed by atoms with Gasteiger partial charge < -0.3 is 5.32 Å². The number of carbonyl (C=O) groups excluding carboxylic acids is 1. The topological polar surface area (TPSA) is 67.8 Å². The quantitative estimate of drug-likeness (QED) is 0.284. The number of amides is 1. The summed E-state index contributed by atoms with van der Waals surface area (Å²) in [4.78, 5) is 28.2. The lowest BCUT2D eigenvalue weighted by molar-refractivity contribution is -0.118. The minimum Gasteiger partial charge on any atom is -0.350 e. The number of aromatic nitrogens is 3. The number of benzene rings is 1. The van der Waals surface area contributed by atoms with Crippen LogP contribution in [0, 0.1) is 13.8 Å². The van der Waals surface area contributed by atoms with E-state index in [0.29, 0.717) is 12.3 Å². The third-order valence-electron chi connectivity index (χ3n) is 4.82. The average molecular weight is 451 g/mol. The van der Waals surface area contributed by atoms with Gasteiger partial charge in [0.25, 0.3) is 0 Å². The first-order chi connectivity index (χ1) is 14.6. The Labute approximate surface area is 185 Å². The van der Waals surface area contributed by atoms with Gasteiger partial charge in [-0.1, -0.05) is 29.5 Å². The van der Waals surface area contributed by atoms with Gasteiger partial charge in [-0.25, -0.2) is 15.0 Å². The number of pyridine rings is 1. The zero-order valence-corrected chi connectivity index (χ0v) is 18.9. The highest BCUT2D eigenvalue weighted by molar-refractivity contribution is 8.00. The van der Waals surface area contributed by atoms with E-state index in [1.54, 1.807) is 29.0 Å². The number of nitrogens with zero attached hydrogens (tertiary/aromatic N) is 3. The van der Waals surface area contributed by atoms with Crippen molar-refractivity contribution in [2.24, 2.45) is 0 Å². The molecule has 30 heavy (non-hydrogen) atoms. The molecule has 0 atom stereocenters. The summed E-state index contributed by atoms with van der Waals surface area (Å²) in [5.41, 5.74) is 4.32. The molecular formula is C22H18N4OS3. The van der Waals surface area contributed by atoms with Crippen LogP contribution in [0.5, 0.6) is 0 Å². The van der Waals surface area contributed by atoms with Crippen LogP contribution in [-0.4, -0.2) is 26.6 Å². The van der Waals surface area contributed by atoms with Crippen molar-refractivity contribution < 1.29 is 4.79 Å². The lowest BCUT2D eigenvalue weighted by Gasteiger charge is -2.04. The normalized spacial score (nSPS) is 11.5. The molecule has 0 aliphatic rings. The lowest BCUT2D eigenvalue weighted by atomic mass is 10.1. The van der Waals surface area contributed by atoms with Gasteiger partial charge in [0.2, 0.25) is 5.91 Å². The SMILES string of the molecule is Cc1cc(C)c2nc3sc4c(SCC(=O)NCc5cccs5)ncnc4c3cc2c1. The summed E-state index contributed by atoms with van der Waals surface area (Å²) >= 11 is 4.67. The molecule has 5 rings (SSSR count). The molecule has 5 aromatic rings. The highest BCUT2D eigenvalue weighted by Crippen LogP contribution is 2.38. The Balaban J connectivity index is 1.45. The number of fused-ring (bicyclic) bond motifs is 4. The van der Waals surface area contributed by atoms with Gasteiger partial charge in [-0.05, 0) is 43.0 Å². The second-order valence-electron chi connectivity index (χ2n) is 7.10. The predicted octanol–water partition coefficient (Wildman–Crippen LogP) is 5.48. The first kappa shape index (κ1) is 19.4. The first-order valence-electron chi connectivity index (χ1n) is 9.45. The van der Waals surface area contributed by atoms with Crippen LogP contribution in [0.15, 0.2) is 47.1 Å². The van der Waals surface area contributed by atoms with Crippen LogP contribution in [0.1, 0.15) is 16.0 Å². The molecule has 1 aromatic carbocycles. The van der Waals surface area contributed by atoms with Crippen LogP contribution in [-0.2, 0) is 11.3 Å². The zero-order valence-electron chi connectivity index (χ0n) is 16.4. The number of rotatable bonds is 5. The Morgan fingerprint density at radius 1 is 1.17 bits per heavy atom. The number of thioether (sulfide) groups is 1. The van der Waals surface area contributed by atoms with Gasteiger partial charge in [-0.2, -0.15) is 0 Å². The molecule has 0 saturated carbocycles. The van der Waals surface area contributed by atoms with Gasteiger partial charge in [-0.3, -0.25) is 4.79 Å². The van der Waals surface area contributed by atoms with Crippen molar-refractivity contribution in [1.82, 2.24) is 20.3 Å². The van der Waals surface area contributed by atoms with E-state index >= 15 is 0 Å². The standard InChI is InChI=1S/C22H18N4OS3/c1-12-6-13(2)18-14(7-12)8-16-19-20(30-21(16)26-18)22(25-11-24-19)29-10-17(27)23-9-15-4-3-5-28-15/h3-8,11H,9-10H2,1-2H3,(H,23,27). The molecule has 0 aliphatic heterocycles. The number of hydrogen-bond acceptors (Lipinski definition) is 7. The molecule has 4 heterocycles. The van der Waals surface area contributed by atoms with E-state index in [4.69, 9.17) is 4.98 Å². The Morgan fingerprint density at radius 3 is 2.90 bits per heavy atom. The third kappa shape index (κ3) is 3.66. The molecule has 8 heteroatoms. The Hall–Kier alpha value is -2.55. The molecule has 1 N–H and O–H groups in total. The minimum atomic E-state index is -0.00348. The number of hydrogen-bond donors (Lipinski definition) is 1. The summed E-state index contributed by atoms with van der Waals surface area (Å²) in [6.45, 7) is 4.76. The van der Waals surface area contributed by atoms with E-state index in [0.717, 1.165) is 41.2 Å². The van der Waals surface area contributed by atoms with E-state index in [9.17, 15) is 4.79 Å². The fourth-order valence-corrected chi connectivity index (χ4v) is 6.17. The molecule has 0 unspecified atom stereocenters. The van der Waals surface area contributed by atoms with Crippen molar-refractivity contribution in [2.75, 3.05) is 5.75 Å². The maximum atomic E-state index is 12.3. The first-order valence-corrected chi connectivity index (χ1v) is 12.1. The highest BCUT2D eigenvalue weighted by atomic mass is 32.2. The van der Waals surface area contributed by atoms with Crippen LogP contribution in [0.4, 0.5) is 0 Å². The maximum absolute atomic E-state index is 12.3.